The number of hydrogen-bond acceptors (Lipinski definition) is 5. The van der Waals surface area contributed by atoms with E-state index in [0.717, 1.165) is 32.8 Å². The van der Waals surface area contributed by atoms with Crippen LogP contribution in [0.1, 0.15) is 13.3 Å². The number of nitrogens with zero attached hydrogens (tertiary/aromatic N) is 1. The number of morpholine rings is 1. The minimum absolute atomic E-state index is 0.252. The van der Waals surface area contributed by atoms with Crippen LogP contribution >= 0.6 is 0 Å². The summed E-state index contributed by atoms with van der Waals surface area (Å²) in [5.74, 6) is -1.42. The lowest BCUT2D eigenvalue weighted by Crippen LogP contribution is -2.43. The van der Waals surface area contributed by atoms with Crippen molar-refractivity contribution < 1.29 is 19.1 Å². The topological polar surface area (TPSA) is 67.9 Å². The van der Waals surface area contributed by atoms with Crippen LogP contribution in [0.15, 0.2) is 0 Å². The van der Waals surface area contributed by atoms with Crippen LogP contribution < -0.4 is 5.32 Å². The Morgan fingerprint density at radius 2 is 2.06 bits per heavy atom. The zero-order valence-corrected chi connectivity index (χ0v) is 11.1. The maximum absolute atomic E-state index is 11.8. The molecule has 1 heterocycles. The monoisotopic (exact) mass is 258 g/mol. The van der Waals surface area contributed by atoms with E-state index >= 15 is 0 Å². The first kappa shape index (κ1) is 14.9. The highest BCUT2D eigenvalue weighted by Gasteiger charge is 2.25. The maximum atomic E-state index is 11.8. The van der Waals surface area contributed by atoms with Crippen molar-refractivity contribution in [3.63, 3.8) is 0 Å². The van der Waals surface area contributed by atoms with E-state index in [-0.39, 0.29) is 5.91 Å². The number of nitrogens with one attached hydrogen (secondary N) is 1. The third-order valence-electron chi connectivity index (χ3n) is 3.04. The molecular formula is C12H22N2O4. The molecule has 0 aromatic carbocycles. The lowest BCUT2D eigenvalue weighted by atomic mass is 10.1. The van der Waals surface area contributed by atoms with Crippen LogP contribution in [0.25, 0.3) is 0 Å². The lowest BCUT2D eigenvalue weighted by molar-refractivity contribution is -0.150. The normalized spacial score (nSPS) is 18.1. The molecule has 1 fully saturated rings. The summed E-state index contributed by atoms with van der Waals surface area (Å²) in [4.78, 5) is 25.3. The maximum Gasteiger partial charge on any atom is 0.318 e. The van der Waals surface area contributed by atoms with Gasteiger partial charge in [0.25, 0.3) is 0 Å². The van der Waals surface area contributed by atoms with Gasteiger partial charge in [-0.05, 0) is 6.42 Å². The minimum Gasteiger partial charge on any atom is -0.468 e. The van der Waals surface area contributed by atoms with Gasteiger partial charge in [0.1, 0.15) is 5.92 Å². The Morgan fingerprint density at radius 1 is 1.39 bits per heavy atom. The molecule has 0 bridgehead atoms. The molecule has 1 atom stereocenters. The molecule has 0 aromatic heterocycles. The number of hydrogen-bond donors (Lipinski definition) is 1. The number of esters is 1. The van der Waals surface area contributed by atoms with E-state index in [1.165, 1.54) is 7.11 Å². The van der Waals surface area contributed by atoms with Gasteiger partial charge in [0.2, 0.25) is 5.91 Å². The molecule has 6 heteroatoms. The largest absolute Gasteiger partial charge is 0.468 e. The third-order valence-corrected chi connectivity index (χ3v) is 3.04. The molecule has 1 amide bonds. The Hall–Kier alpha value is -1.14. The van der Waals surface area contributed by atoms with Gasteiger partial charge in [-0.25, -0.2) is 0 Å². The second-order valence-corrected chi connectivity index (χ2v) is 4.23. The van der Waals surface area contributed by atoms with E-state index in [0.29, 0.717) is 13.0 Å². The zero-order valence-electron chi connectivity index (χ0n) is 11.1. The van der Waals surface area contributed by atoms with Crippen LogP contribution in [0.2, 0.25) is 0 Å². The van der Waals surface area contributed by atoms with Crippen LogP contribution in [0.5, 0.6) is 0 Å². The standard InChI is InChI=1S/C12H22N2O4/c1-3-10(12(16)17-2)11(15)13-4-5-14-6-8-18-9-7-14/h10H,3-9H2,1-2H3,(H,13,15). The fourth-order valence-corrected chi connectivity index (χ4v) is 1.89. The highest BCUT2D eigenvalue weighted by atomic mass is 16.5. The van der Waals surface area contributed by atoms with Crippen LogP contribution in [-0.2, 0) is 19.1 Å². The molecule has 0 spiro atoms. The summed E-state index contributed by atoms with van der Waals surface area (Å²) in [5, 5.41) is 2.77. The number of methoxy groups -OCH3 is 1. The number of carbonyl (C=O) groups is 2. The average molecular weight is 258 g/mol. The van der Waals surface area contributed by atoms with Gasteiger partial charge in [0.15, 0.2) is 0 Å². The summed E-state index contributed by atoms with van der Waals surface area (Å²) in [6, 6.07) is 0. The number of ether oxygens (including phenoxy) is 2. The molecule has 1 aliphatic rings. The molecule has 1 rings (SSSR count). The van der Waals surface area contributed by atoms with Crippen molar-refractivity contribution in [2.45, 2.75) is 13.3 Å². The third kappa shape index (κ3) is 4.62. The van der Waals surface area contributed by atoms with Crippen LogP contribution in [0.4, 0.5) is 0 Å². The Bertz CT molecular complexity index is 277. The second-order valence-electron chi connectivity index (χ2n) is 4.23. The molecule has 0 aliphatic carbocycles. The quantitative estimate of drug-likeness (QED) is 0.520. The molecule has 0 radical (unpaired) electrons. The summed E-state index contributed by atoms with van der Waals surface area (Å²) < 4.78 is 9.83. The summed E-state index contributed by atoms with van der Waals surface area (Å²) in [6.07, 6.45) is 0.454. The number of rotatable bonds is 6. The van der Waals surface area contributed by atoms with Gasteiger partial charge in [0.05, 0.1) is 20.3 Å². The SMILES string of the molecule is CCC(C(=O)NCCN1CCOCC1)C(=O)OC. The molecule has 18 heavy (non-hydrogen) atoms. The molecule has 1 saturated heterocycles. The summed E-state index contributed by atoms with van der Waals surface area (Å²) in [7, 11) is 1.30. The summed E-state index contributed by atoms with van der Waals surface area (Å²) >= 11 is 0. The summed E-state index contributed by atoms with van der Waals surface area (Å²) in [6.45, 7) is 6.40. The van der Waals surface area contributed by atoms with Gasteiger partial charge in [-0.15, -0.1) is 0 Å². The molecule has 104 valence electrons. The summed E-state index contributed by atoms with van der Waals surface area (Å²) in [5.41, 5.74) is 0. The first-order valence-electron chi connectivity index (χ1n) is 6.34. The zero-order chi connectivity index (χ0) is 13.4. The Balaban J connectivity index is 2.24. The van der Waals surface area contributed by atoms with Crippen molar-refractivity contribution in [2.24, 2.45) is 5.92 Å². The fourth-order valence-electron chi connectivity index (χ4n) is 1.89. The van der Waals surface area contributed by atoms with Crippen LogP contribution in [-0.4, -0.2) is 63.3 Å². The van der Waals surface area contributed by atoms with E-state index in [4.69, 9.17) is 4.74 Å². The van der Waals surface area contributed by atoms with Crippen molar-refractivity contribution in [2.75, 3.05) is 46.5 Å². The van der Waals surface area contributed by atoms with E-state index in [1.807, 2.05) is 0 Å². The molecular weight excluding hydrogens is 236 g/mol. The highest BCUT2D eigenvalue weighted by Crippen LogP contribution is 2.04. The van der Waals surface area contributed by atoms with E-state index in [1.54, 1.807) is 6.92 Å². The molecule has 1 aliphatic heterocycles. The van der Waals surface area contributed by atoms with Crippen molar-refractivity contribution in [1.82, 2.24) is 10.2 Å². The van der Waals surface area contributed by atoms with Crippen molar-refractivity contribution in [3.05, 3.63) is 0 Å². The second kappa shape index (κ2) is 8.05. The van der Waals surface area contributed by atoms with Gasteiger partial charge >= 0.3 is 5.97 Å². The molecule has 6 nitrogen and oxygen atoms in total. The Labute approximate surface area is 108 Å². The van der Waals surface area contributed by atoms with Crippen molar-refractivity contribution in [1.29, 1.82) is 0 Å². The first-order chi connectivity index (χ1) is 8.69. The highest BCUT2D eigenvalue weighted by molar-refractivity contribution is 5.97. The van der Waals surface area contributed by atoms with Gasteiger partial charge in [0, 0.05) is 26.2 Å². The predicted molar refractivity (Wildman–Crippen MR) is 66.1 cm³/mol. The number of amides is 1. The fraction of sp³-hybridized carbons (Fsp3) is 0.833. The van der Waals surface area contributed by atoms with Crippen molar-refractivity contribution in [3.8, 4) is 0 Å². The smallest absolute Gasteiger partial charge is 0.318 e. The van der Waals surface area contributed by atoms with Gasteiger partial charge in [-0.2, -0.15) is 0 Å². The Morgan fingerprint density at radius 3 is 2.61 bits per heavy atom. The van der Waals surface area contributed by atoms with Gasteiger partial charge < -0.3 is 14.8 Å². The lowest BCUT2D eigenvalue weighted by Gasteiger charge is -2.26. The molecule has 1 unspecified atom stereocenters. The molecule has 1 N–H and O–H groups in total. The van der Waals surface area contributed by atoms with E-state index < -0.39 is 11.9 Å². The predicted octanol–water partition coefficient (Wildman–Crippen LogP) is -0.366. The van der Waals surface area contributed by atoms with Crippen LogP contribution in [0.3, 0.4) is 0 Å². The van der Waals surface area contributed by atoms with E-state index in [2.05, 4.69) is 15.0 Å². The first-order valence-corrected chi connectivity index (χ1v) is 6.34. The average Bonchev–Trinajstić information content (AvgIpc) is 2.40. The molecule has 0 aromatic rings. The Kier molecular flexibility index (Phi) is 6.67. The minimum atomic E-state index is -0.695. The van der Waals surface area contributed by atoms with E-state index in [9.17, 15) is 9.59 Å². The molecule has 0 saturated carbocycles. The van der Waals surface area contributed by atoms with Crippen molar-refractivity contribution >= 4 is 11.9 Å². The van der Waals surface area contributed by atoms with Gasteiger partial charge in [-0.3, -0.25) is 14.5 Å². The number of carbonyl (C=O) groups excluding carboxylic acids is 2. The van der Waals surface area contributed by atoms with Crippen LogP contribution in [0, 0.1) is 5.92 Å². The van der Waals surface area contributed by atoms with Gasteiger partial charge in [-0.1, -0.05) is 6.92 Å².